The molecule has 0 aromatic carbocycles. The van der Waals surface area contributed by atoms with Crippen molar-refractivity contribution in [3.05, 3.63) is 12.2 Å². The van der Waals surface area contributed by atoms with E-state index < -0.39 is 17.9 Å². The van der Waals surface area contributed by atoms with E-state index >= 15 is 0 Å². The number of aliphatic carboxylic acids is 1. The normalized spacial score (nSPS) is 12.1. The predicted octanol–water partition coefficient (Wildman–Crippen LogP) is -1.56. The van der Waals surface area contributed by atoms with E-state index in [1.807, 2.05) is 0 Å². The van der Waals surface area contributed by atoms with Crippen molar-refractivity contribution in [2.75, 3.05) is 0 Å². The molecule has 1 atom stereocenters. The minimum absolute atomic E-state index is 0.299. The van der Waals surface area contributed by atoms with E-state index in [0.29, 0.717) is 0 Å². The van der Waals surface area contributed by atoms with Gasteiger partial charge in [0.2, 0.25) is 5.91 Å². The third-order valence-electron chi connectivity index (χ3n) is 0.958. The van der Waals surface area contributed by atoms with Crippen LogP contribution in [0.4, 0.5) is 0 Å². The van der Waals surface area contributed by atoms with Crippen molar-refractivity contribution in [1.29, 1.82) is 0 Å². The number of hydrogen-bond donors (Lipinski definition) is 3. The number of rotatable bonds is 3. The summed E-state index contributed by atoms with van der Waals surface area (Å²) in [5, 5.41) is 8.21. The fourth-order valence-corrected chi connectivity index (χ4v) is 0.302. The number of carbonyl (C=O) groups is 2. The van der Waals surface area contributed by atoms with Crippen molar-refractivity contribution < 1.29 is 14.7 Å². The lowest BCUT2D eigenvalue weighted by Crippen LogP contribution is -2.37. The van der Waals surface area contributed by atoms with Crippen LogP contribution in [0.15, 0.2) is 12.2 Å². The highest BCUT2D eigenvalue weighted by atomic mass is 16.4. The van der Waals surface area contributed by atoms with Gasteiger partial charge in [0.15, 0.2) is 0 Å². The van der Waals surface area contributed by atoms with Crippen LogP contribution in [0, 0.1) is 0 Å². The third kappa shape index (κ3) is 1.87. The summed E-state index contributed by atoms with van der Waals surface area (Å²) in [6, 6.07) is -1.39. The van der Waals surface area contributed by atoms with Crippen LogP contribution in [0.2, 0.25) is 0 Å². The van der Waals surface area contributed by atoms with Crippen LogP contribution in [0.5, 0.6) is 0 Å². The smallest absolute Gasteiger partial charge is 0.325 e. The molecular formula is C5H8N2O3. The molecule has 0 rings (SSSR count). The van der Waals surface area contributed by atoms with Crippen LogP contribution >= 0.6 is 0 Å². The van der Waals surface area contributed by atoms with Crippen molar-refractivity contribution in [2.24, 2.45) is 11.5 Å². The van der Waals surface area contributed by atoms with E-state index in [0.717, 1.165) is 0 Å². The largest absolute Gasteiger partial charge is 0.480 e. The van der Waals surface area contributed by atoms with E-state index in [1.165, 1.54) is 0 Å². The number of nitrogens with two attached hydrogens (primary N) is 2. The first kappa shape index (κ1) is 8.64. The number of carboxylic acid groups (broad SMARTS) is 1. The first-order chi connectivity index (χ1) is 4.46. The lowest BCUT2D eigenvalue weighted by atomic mass is 10.1. The first-order valence-electron chi connectivity index (χ1n) is 2.43. The Balaban J connectivity index is 4.22. The van der Waals surface area contributed by atoms with Gasteiger partial charge in [-0.3, -0.25) is 9.59 Å². The lowest BCUT2D eigenvalue weighted by molar-refractivity contribution is -0.138. The molecule has 0 radical (unpaired) electrons. The minimum atomic E-state index is -1.39. The lowest BCUT2D eigenvalue weighted by Gasteiger charge is -2.04. The standard InChI is InChI=1S/C5H8N2O3/c1-2(4(7)8)3(6)5(9)10/h3H,1,6H2,(H2,7,8)(H,9,10). The number of carbonyl (C=O) groups excluding carboxylic acids is 1. The van der Waals surface area contributed by atoms with Gasteiger partial charge in [-0.15, -0.1) is 0 Å². The molecule has 1 unspecified atom stereocenters. The second-order valence-electron chi connectivity index (χ2n) is 1.71. The fourth-order valence-electron chi connectivity index (χ4n) is 0.302. The number of primary amides is 1. The summed E-state index contributed by atoms with van der Waals surface area (Å²) in [7, 11) is 0. The molecule has 5 heteroatoms. The monoisotopic (exact) mass is 144 g/mol. The number of hydrogen-bond acceptors (Lipinski definition) is 3. The summed E-state index contributed by atoms with van der Waals surface area (Å²) < 4.78 is 0. The van der Waals surface area contributed by atoms with Gasteiger partial charge in [-0.05, 0) is 0 Å². The Hall–Kier alpha value is -1.36. The van der Waals surface area contributed by atoms with Crippen LogP contribution in [-0.2, 0) is 9.59 Å². The summed E-state index contributed by atoms with van der Waals surface area (Å²) in [5.74, 6) is -2.21. The zero-order chi connectivity index (χ0) is 8.31. The van der Waals surface area contributed by atoms with Gasteiger partial charge >= 0.3 is 5.97 Å². The molecule has 0 saturated carbocycles. The first-order valence-corrected chi connectivity index (χ1v) is 2.43. The maximum Gasteiger partial charge on any atom is 0.325 e. The molecule has 10 heavy (non-hydrogen) atoms. The molecule has 56 valence electrons. The van der Waals surface area contributed by atoms with E-state index in [1.54, 1.807) is 0 Å². The summed E-state index contributed by atoms with van der Waals surface area (Å²) in [4.78, 5) is 20.3. The predicted molar refractivity (Wildman–Crippen MR) is 33.9 cm³/mol. The third-order valence-corrected chi connectivity index (χ3v) is 0.958. The molecule has 0 aromatic rings. The van der Waals surface area contributed by atoms with E-state index in [9.17, 15) is 9.59 Å². The Kier molecular flexibility index (Phi) is 2.57. The molecule has 5 nitrogen and oxygen atoms in total. The second-order valence-corrected chi connectivity index (χ2v) is 1.71. The maximum absolute atomic E-state index is 10.2. The van der Waals surface area contributed by atoms with Crippen molar-refractivity contribution in [1.82, 2.24) is 0 Å². The van der Waals surface area contributed by atoms with Crippen molar-refractivity contribution in [2.45, 2.75) is 6.04 Å². The molecule has 5 N–H and O–H groups in total. The average molecular weight is 144 g/mol. The van der Waals surface area contributed by atoms with Crippen molar-refractivity contribution in [3.8, 4) is 0 Å². The van der Waals surface area contributed by atoms with Crippen LogP contribution in [0.1, 0.15) is 0 Å². The van der Waals surface area contributed by atoms with E-state index in [2.05, 4.69) is 6.58 Å². The summed E-state index contributed by atoms with van der Waals surface area (Å²) in [6.07, 6.45) is 0. The zero-order valence-corrected chi connectivity index (χ0v) is 5.20. The molecule has 0 aliphatic carbocycles. The van der Waals surface area contributed by atoms with Crippen LogP contribution in [0.25, 0.3) is 0 Å². The van der Waals surface area contributed by atoms with E-state index in [-0.39, 0.29) is 5.57 Å². The molecule has 0 heterocycles. The van der Waals surface area contributed by atoms with Gasteiger partial charge in [-0.1, -0.05) is 6.58 Å². The highest BCUT2D eigenvalue weighted by Crippen LogP contribution is 1.93. The van der Waals surface area contributed by atoms with Crippen molar-refractivity contribution >= 4 is 11.9 Å². The number of carboxylic acids is 1. The van der Waals surface area contributed by atoms with Crippen LogP contribution in [0.3, 0.4) is 0 Å². The Labute approximate surface area is 57.3 Å². The molecule has 0 aromatic heterocycles. The van der Waals surface area contributed by atoms with Gasteiger partial charge in [0, 0.05) is 5.57 Å². The Morgan fingerprint density at radius 1 is 1.50 bits per heavy atom. The minimum Gasteiger partial charge on any atom is -0.480 e. The second kappa shape index (κ2) is 2.98. The van der Waals surface area contributed by atoms with Gasteiger partial charge in [0.05, 0.1) is 0 Å². The quantitative estimate of drug-likeness (QED) is 0.416. The molecule has 1 amide bonds. The Morgan fingerprint density at radius 2 is 1.90 bits per heavy atom. The van der Waals surface area contributed by atoms with Crippen LogP contribution < -0.4 is 11.5 Å². The molecule has 0 saturated heterocycles. The van der Waals surface area contributed by atoms with Gasteiger partial charge in [-0.25, -0.2) is 0 Å². The maximum atomic E-state index is 10.2. The highest BCUT2D eigenvalue weighted by molar-refractivity contribution is 5.98. The molecule has 0 fully saturated rings. The summed E-state index contributed by atoms with van der Waals surface area (Å²) >= 11 is 0. The van der Waals surface area contributed by atoms with Gasteiger partial charge in [0.1, 0.15) is 6.04 Å². The van der Waals surface area contributed by atoms with Gasteiger partial charge in [-0.2, -0.15) is 0 Å². The fraction of sp³-hybridized carbons (Fsp3) is 0.200. The summed E-state index contributed by atoms with van der Waals surface area (Å²) in [6.45, 7) is 3.10. The molecule has 0 spiro atoms. The van der Waals surface area contributed by atoms with Gasteiger partial charge < -0.3 is 16.6 Å². The number of amides is 1. The van der Waals surface area contributed by atoms with Gasteiger partial charge in [0.25, 0.3) is 0 Å². The zero-order valence-electron chi connectivity index (χ0n) is 5.20. The highest BCUT2D eigenvalue weighted by Gasteiger charge is 2.18. The van der Waals surface area contributed by atoms with Crippen molar-refractivity contribution in [3.63, 3.8) is 0 Å². The van der Waals surface area contributed by atoms with Crippen LogP contribution in [-0.4, -0.2) is 23.0 Å². The summed E-state index contributed by atoms with van der Waals surface area (Å²) in [5.41, 5.74) is 9.36. The molecule has 0 aliphatic heterocycles. The SMILES string of the molecule is C=C(C(N)=O)C(N)C(=O)O. The molecule has 0 aliphatic rings. The van der Waals surface area contributed by atoms with E-state index in [4.69, 9.17) is 16.6 Å². The Morgan fingerprint density at radius 3 is 2.00 bits per heavy atom. The Bertz CT molecular complexity index is 187. The topological polar surface area (TPSA) is 106 Å². The molecule has 0 bridgehead atoms. The molecular weight excluding hydrogens is 136 g/mol. The average Bonchev–Trinajstić information content (AvgIpc) is 1.84.